The largest absolute Gasteiger partial charge is 0.497 e. The molecule has 1 N–H and O–H groups in total. The number of halogens is 1. The number of benzene rings is 3. The fourth-order valence-electron chi connectivity index (χ4n) is 3.40. The molecule has 0 aliphatic heterocycles. The molecule has 3 aromatic carbocycles. The lowest BCUT2D eigenvalue weighted by atomic mass is 10.1. The Kier molecular flexibility index (Phi) is 6.68. The molecule has 0 radical (unpaired) electrons. The summed E-state index contributed by atoms with van der Waals surface area (Å²) in [4.78, 5) is 25.0. The number of carbonyl (C=O) groups is 2. The summed E-state index contributed by atoms with van der Waals surface area (Å²) in [6.45, 7) is 1.91. The first-order valence-corrected chi connectivity index (χ1v) is 10.6. The predicted molar refractivity (Wildman–Crippen MR) is 126 cm³/mol. The van der Waals surface area contributed by atoms with E-state index in [1.807, 2.05) is 6.07 Å². The number of anilines is 1. The van der Waals surface area contributed by atoms with E-state index in [-0.39, 0.29) is 18.2 Å². The molecule has 0 bridgehead atoms. The van der Waals surface area contributed by atoms with Crippen LogP contribution in [0.25, 0.3) is 16.9 Å². The van der Waals surface area contributed by atoms with Gasteiger partial charge in [0.25, 0.3) is 5.91 Å². The van der Waals surface area contributed by atoms with Gasteiger partial charge in [0, 0.05) is 16.8 Å². The second-order valence-electron chi connectivity index (χ2n) is 7.29. The van der Waals surface area contributed by atoms with Crippen molar-refractivity contribution in [3.8, 4) is 22.7 Å². The standard InChI is InChI=1S/C26H22FN3O4/c1-3-34-26(32)23-16-24(30(29-23)21-9-5-7-19(27)15-21)18-6-4-8-20(14-18)28-25(31)17-10-12-22(33-2)13-11-17/h4-16H,3H2,1-2H3,(H,28,31). The zero-order valence-corrected chi connectivity index (χ0v) is 18.6. The number of hydrogen-bond acceptors (Lipinski definition) is 5. The molecule has 4 aromatic rings. The Labute approximate surface area is 195 Å². The van der Waals surface area contributed by atoms with Crippen LogP contribution in [0.5, 0.6) is 5.75 Å². The van der Waals surface area contributed by atoms with Gasteiger partial charge in [-0.3, -0.25) is 4.79 Å². The van der Waals surface area contributed by atoms with Gasteiger partial charge in [-0.25, -0.2) is 13.9 Å². The van der Waals surface area contributed by atoms with Gasteiger partial charge in [0.1, 0.15) is 11.6 Å². The molecule has 1 aromatic heterocycles. The Morgan fingerprint density at radius 3 is 2.47 bits per heavy atom. The number of hydrogen-bond donors (Lipinski definition) is 1. The van der Waals surface area contributed by atoms with Crippen molar-refractivity contribution in [3.63, 3.8) is 0 Å². The van der Waals surface area contributed by atoms with E-state index in [1.165, 1.54) is 16.8 Å². The van der Waals surface area contributed by atoms with Crippen molar-refractivity contribution in [2.45, 2.75) is 6.92 Å². The van der Waals surface area contributed by atoms with E-state index in [1.54, 1.807) is 74.7 Å². The molecule has 4 rings (SSSR count). The zero-order valence-electron chi connectivity index (χ0n) is 18.6. The molecule has 0 fully saturated rings. The van der Waals surface area contributed by atoms with Crippen LogP contribution in [0.1, 0.15) is 27.8 Å². The molecule has 7 nitrogen and oxygen atoms in total. The summed E-state index contributed by atoms with van der Waals surface area (Å²) in [5.74, 6) is -0.646. The average Bonchev–Trinajstić information content (AvgIpc) is 3.30. The minimum atomic E-state index is -0.581. The fourth-order valence-corrected chi connectivity index (χ4v) is 3.40. The molecule has 0 saturated carbocycles. The first-order valence-electron chi connectivity index (χ1n) is 10.6. The number of ether oxygens (including phenoxy) is 2. The molecule has 0 saturated heterocycles. The maximum atomic E-state index is 13.9. The molecule has 0 atom stereocenters. The second-order valence-corrected chi connectivity index (χ2v) is 7.29. The maximum Gasteiger partial charge on any atom is 0.358 e. The Hall–Kier alpha value is -4.46. The van der Waals surface area contributed by atoms with Gasteiger partial charge in [-0.05, 0) is 67.6 Å². The highest BCUT2D eigenvalue weighted by Gasteiger charge is 2.18. The smallest absolute Gasteiger partial charge is 0.358 e. The minimum Gasteiger partial charge on any atom is -0.497 e. The van der Waals surface area contributed by atoms with Gasteiger partial charge in [-0.2, -0.15) is 5.10 Å². The molecule has 0 aliphatic rings. The van der Waals surface area contributed by atoms with E-state index < -0.39 is 11.8 Å². The first-order chi connectivity index (χ1) is 16.5. The summed E-state index contributed by atoms with van der Waals surface area (Å²) >= 11 is 0. The van der Waals surface area contributed by atoms with Crippen LogP contribution >= 0.6 is 0 Å². The molecule has 0 unspecified atom stereocenters. The van der Waals surface area contributed by atoms with Gasteiger partial charge < -0.3 is 14.8 Å². The van der Waals surface area contributed by atoms with Crippen LogP contribution in [0.4, 0.5) is 10.1 Å². The van der Waals surface area contributed by atoms with Crippen LogP contribution in [0.15, 0.2) is 78.9 Å². The lowest BCUT2D eigenvalue weighted by Gasteiger charge is -2.10. The van der Waals surface area contributed by atoms with Gasteiger partial charge in [0.15, 0.2) is 5.69 Å². The van der Waals surface area contributed by atoms with E-state index in [9.17, 15) is 14.0 Å². The zero-order chi connectivity index (χ0) is 24.1. The average molecular weight is 459 g/mol. The summed E-state index contributed by atoms with van der Waals surface area (Å²) in [5, 5.41) is 7.21. The molecule has 1 heterocycles. The molecule has 0 aliphatic carbocycles. The summed E-state index contributed by atoms with van der Waals surface area (Å²) in [6, 6.07) is 21.3. The van der Waals surface area contributed by atoms with Gasteiger partial charge in [-0.15, -0.1) is 0 Å². The highest BCUT2D eigenvalue weighted by molar-refractivity contribution is 6.04. The number of rotatable bonds is 7. The van der Waals surface area contributed by atoms with Crippen molar-refractivity contribution >= 4 is 17.6 Å². The monoisotopic (exact) mass is 459 g/mol. The number of nitrogens with one attached hydrogen (secondary N) is 1. The van der Waals surface area contributed by atoms with Crippen LogP contribution in [-0.2, 0) is 4.74 Å². The molecule has 8 heteroatoms. The van der Waals surface area contributed by atoms with Crippen molar-refractivity contribution in [1.82, 2.24) is 9.78 Å². The van der Waals surface area contributed by atoms with Crippen LogP contribution < -0.4 is 10.1 Å². The van der Waals surface area contributed by atoms with Crippen molar-refractivity contribution in [3.05, 3.63) is 95.9 Å². The third-order valence-electron chi connectivity index (χ3n) is 5.02. The van der Waals surface area contributed by atoms with E-state index >= 15 is 0 Å². The number of methoxy groups -OCH3 is 1. The van der Waals surface area contributed by atoms with Gasteiger partial charge in [0.2, 0.25) is 0 Å². The molecular formula is C26H22FN3O4. The van der Waals surface area contributed by atoms with E-state index in [2.05, 4.69) is 10.4 Å². The number of amides is 1. The topological polar surface area (TPSA) is 82.5 Å². The van der Waals surface area contributed by atoms with Gasteiger partial charge in [0.05, 0.1) is 25.1 Å². The Balaban J connectivity index is 1.69. The van der Waals surface area contributed by atoms with Crippen molar-refractivity contribution < 1.29 is 23.5 Å². The SMILES string of the molecule is CCOC(=O)c1cc(-c2cccc(NC(=O)c3ccc(OC)cc3)c2)n(-c2cccc(F)c2)n1. The third-order valence-corrected chi connectivity index (χ3v) is 5.02. The van der Waals surface area contributed by atoms with E-state index in [0.29, 0.717) is 33.9 Å². The van der Waals surface area contributed by atoms with Crippen molar-refractivity contribution in [2.75, 3.05) is 19.0 Å². The molecule has 1 amide bonds. The molecule has 0 spiro atoms. The van der Waals surface area contributed by atoms with E-state index in [0.717, 1.165) is 0 Å². The van der Waals surface area contributed by atoms with Crippen molar-refractivity contribution in [1.29, 1.82) is 0 Å². The highest BCUT2D eigenvalue weighted by atomic mass is 19.1. The van der Waals surface area contributed by atoms with Crippen LogP contribution in [0.2, 0.25) is 0 Å². The number of aromatic nitrogens is 2. The predicted octanol–water partition coefficient (Wildman–Crippen LogP) is 5.12. The minimum absolute atomic E-state index is 0.0915. The van der Waals surface area contributed by atoms with Crippen molar-refractivity contribution in [2.24, 2.45) is 0 Å². The first kappa shape index (κ1) is 22.7. The Bertz CT molecular complexity index is 1330. The lowest BCUT2D eigenvalue weighted by molar-refractivity contribution is 0.0519. The van der Waals surface area contributed by atoms with E-state index in [4.69, 9.17) is 9.47 Å². The maximum absolute atomic E-state index is 13.9. The summed E-state index contributed by atoms with van der Waals surface area (Å²) < 4.78 is 25.6. The lowest BCUT2D eigenvalue weighted by Crippen LogP contribution is -2.11. The van der Waals surface area contributed by atoms with Crippen LogP contribution in [0.3, 0.4) is 0 Å². The Morgan fingerprint density at radius 2 is 1.76 bits per heavy atom. The molecular weight excluding hydrogens is 437 g/mol. The number of esters is 1. The molecule has 172 valence electrons. The van der Waals surface area contributed by atoms with Crippen LogP contribution in [0, 0.1) is 5.82 Å². The quantitative estimate of drug-likeness (QED) is 0.388. The second kappa shape index (κ2) is 9.99. The fraction of sp³-hybridized carbons (Fsp3) is 0.115. The highest BCUT2D eigenvalue weighted by Crippen LogP contribution is 2.27. The third kappa shape index (κ3) is 4.96. The van der Waals surface area contributed by atoms with Crippen LogP contribution in [-0.4, -0.2) is 35.4 Å². The normalized spacial score (nSPS) is 10.6. The number of nitrogens with zero attached hydrogens (tertiary/aromatic N) is 2. The summed E-state index contributed by atoms with van der Waals surface area (Å²) in [6.07, 6.45) is 0. The summed E-state index contributed by atoms with van der Waals surface area (Å²) in [5.41, 5.74) is 2.75. The number of carbonyl (C=O) groups excluding carboxylic acids is 2. The van der Waals surface area contributed by atoms with Gasteiger partial charge in [-0.1, -0.05) is 18.2 Å². The Morgan fingerprint density at radius 1 is 1.00 bits per heavy atom. The molecule has 34 heavy (non-hydrogen) atoms. The summed E-state index contributed by atoms with van der Waals surface area (Å²) in [7, 11) is 1.56. The van der Waals surface area contributed by atoms with Gasteiger partial charge >= 0.3 is 5.97 Å².